The van der Waals surface area contributed by atoms with Crippen molar-refractivity contribution in [3.63, 3.8) is 0 Å². The van der Waals surface area contributed by atoms with Gasteiger partial charge < -0.3 is 14.6 Å². The topological polar surface area (TPSA) is 89.0 Å². The van der Waals surface area contributed by atoms with Crippen LogP contribution in [0.1, 0.15) is 22.9 Å². The Balaban J connectivity index is 1.71. The predicted octanol–water partition coefficient (Wildman–Crippen LogP) is 4.44. The standard InChI is InChI=1S/C25H19ClN2O5/c1-14-16(26)5-4-7-18(14)28-22(17-6-2-3-10-27-17)21(24(30)25(28)31)23(29)15-8-9-19-20(13-15)33-12-11-32-19/h2-10,13,22,29H,11-12H2,1H3/b23-21-. The van der Waals surface area contributed by atoms with E-state index in [0.717, 1.165) is 0 Å². The first-order chi connectivity index (χ1) is 16.0. The first kappa shape index (κ1) is 21.0. The Morgan fingerprint density at radius 1 is 1.06 bits per heavy atom. The molecule has 33 heavy (non-hydrogen) atoms. The van der Waals surface area contributed by atoms with Crippen LogP contribution in [0, 0.1) is 6.92 Å². The van der Waals surface area contributed by atoms with E-state index in [1.807, 2.05) is 0 Å². The highest BCUT2D eigenvalue weighted by Crippen LogP contribution is 2.44. The van der Waals surface area contributed by atoms with Crippen LogP contribution in [0.15, 0.2) is 66.4 Å². The molecule has 1 N–H and O–H groups in total. The van der Waals surface area contributed by atoms with Crippen LogP contribution in [0.4, 0.5) is 5.69 Å². The van der Waals surface area contributed by atoms with E-state index in [1.165, 1.54) is 4.90 Å². The van der Waals surface area contributed by atoms with Gasteiger partial charge in [-0.3, -0.25) is 19.5 Å². The molecule has 1 unspecified atom stereocenters. The van der Waals surface area contributed by atoms with Gasteiger partial charge in [0.2, 0.25) is 0 Å². The number of rotatable bonds is 3. The number of carbonyl (C=O) groups is 2. The van der Waals surface area contributed by atoms with Crippen LogP contribution in [0.3, 0.4) is 0 Å². The molecule has 0 spiro atoms. The van der Waals surface area contributed by atoms with Crippen molar-refractivity contribution in [2.45, 2.75) is 13.0 Å². The van der Waals surface area contributed by atoms with Crippen molar-refractivity contribution < 1.29 is 24.2 Å². The number of Topliss-reactive ketones (excluding diaryl/α,β-unsaturated/α-hetero) is 1. The van der Waals surface area contributed by atoms with Crippen LogP contribution in [0.5, 0.6) is 11.5 Å². The summed E-state index contributed by atoms with van der Waals surface area (Å²) >= 11 is 6.31. The monoisotopic (exact) mass is 462 g/mol. The Bertz CT molecular complexity index is 1310. The Hall–Kier alpha value is -3.84. The van der Waals surface area contributed by atoms with Gasteiger partial charge in [0, 0.05) is 22.5 Å². The second-order valence-corrected chi connectivity index (χ2v) is 8.07. The molecule has 1 saturated heterocycles. The molecule has 1 aromatic heterocycles. The van der Waals surface area contributed by atoms with Crippen molar-refractivity contribution in [1.29, 1.82) is 0 Å². The number of carbonyl (C=O) groups excluding carboxylic acids is 2. The Morgan fingerprint density at radius 2 is 1.85 bits per heavy atom. The lowest BCUT2D eigenvalue weighted by atomic mass is 9.97. The molecule has 1 fully saturated rings. The third-order valence-electron chi connectivity index (χ3n) is 5.73. The summed E-state index contributed by atoms with van der Waals surface area (Å²) in [5.41, 5.74) is 1.83. The Morgan fingerprint density at radius 3 is 2.61 bits per heavy atom. The van der Waals surface area contributed by atoms with Gasteiger partial charge >= 0.3 is 0 Å². The SMILES string of the molecule is Cc1c(Cl)cccc1N1C(=O)C(=O)/C(=C(\O)c2ccc3c(c2)OCCO3)C1c1ccccn1. The summed E-state index contributed by atoms with van der Waals surface area (Å²) in [7, 11) is 0. The van der Waals surface area contributed by atoms with Gasteiger partial charge in [-0.05, 0) is 55.0 Å². The molecule has 5 rings (SSSR count). The molecule has 3 heterocycles. The summed E-state index contributed by atoms with van der Waals surface area (Å²) in [5.74, 6) is -0.885. The smallest absolute Gasteiger partial charge is 0.300 e. The number of aromatic nitrogens is 1. The van der Waals surface area contributed by atoms with Gasteiger partial charge in [0.25, 0.3) is 11.7 Å². The lowest BCUT2D eigenvalue weighted by Crippen LogP contribution is -2.30. The normalized spacial score (nSPS) is 19.1. The maximum Gasteiger partial charge on any atom is 0.300 e. The highest BCUT2D eigenvalue weighted by atomic mass is 35.5. The fourth-order valence-corrected chi connectivity index (χ4v) is 4.27. The minimum absolute atomic E-state index is 0.0604. The molecule has 2 aromatic carbocycles. The van der Waals surface area contributed by atoms with Crippen molar-refractivity contribution in [1.82, 2.24) is 4.98 Å². The molecular weight excluding hydrogens is 444 g/mol. The molecule has 7 nitrogen and oxygen atoms in total. The summed E-state index contributed by atoms with van der Waals surface area (Å²) in [6.45, 7) is 2.58. The number of halogens is 1. The van der Waals surface area contributed by atoms with E-state index >= 15 is 0 Å². The van der Waals surface area contributed by atoms with E-state index in [0.29, 0.717) is 52.2 Å². The molecular formula is C25H19ClN2O5. The molecule has 0 radical (unpaired) electrons. The maximum absolute atomic E-state index is 13.2. The van der Waals surface area contributed by atoms with Crippen molar-refractivity contribution in [2.75, 3.05) is 18.1 Å². The van der Waals surface area contributed by atoms with E-state index in [9.17, 15) is 14.7 Å². The van der Waals surface area contributed by atoms with Crippen LogP contribution >= 0.6 is 11.6 Å². The summed E-state index contributed by atoms with van der Waals surface area (Å²) < 4.78 is 11.1. The number of nitrogens with zero attached hydrogens (tertiary/aromatic N) is 2. The number of aliphatic hydroxyl groups excluding tert-OH is 1. The van der Waals surface area contributed by atoms with Gasteiger partial charge in [0.05, 0.1) is 11.3 Å². The predicted molar refractivity (Wildman–Crippen MR) is 123 cm³/mol. The molecule has 1 atom stereocenters. The Labute approximate surface area is 194 Å². The molecule has 166 valence electrons. The largest absolute Gasteiger partial charge is 0.507 e. The van der Waals surface area contributed by atoms with Gasteiger partial charge in [-0.1, -0.05) is 23.7 Å². The van der Waals surface area contributed by atoms with E-state index in [4.69, 9.17) is 21.1 Å². The first-order valence-electron chi connectivity index (χ1n) is 10.3. The molecule has 2 aliphatic rings. The third kappa shape index (κ3) is 3.50. The van der Waals surface area contributed by atoms with E-state index < -0.39 is 17.7 Å². The fraction of sp³-hybridized carbons (Fsp3) is 0.160. The van der Waals surface area contributed by atoms with Crippen molar-refractivity contribution in [2.24, 2.45) is 0 Å². The van der Waals surface area contributed by atoms with Gasteiger partial charge in [0.15, 0.2) is 11.5 Å². The number of hydrogen-bond acceptors (Lipinski definition) is 6. The van der Waals surface area contributed by atoms with Crippen molar-refractivity contribution in [3.05, 3.63) is 88.2 Å². The lowest BCUT2D eigenvalue weighted by molar-refractivity contribution is -0.132. The molecule has 2 aliphatic heterocycles. The summed E-state index contributed by atoms with van der Waals surface area (Å²) in [6, 6.07) is 14.3. The van der Waals surface area contributed by atoms with Crippen molar-refractivity contribution >= 4 is 34.7 Å². The zero-order valence-electron chi connectivity index (χ0n) is 17.6. The minimum atomic E-state index is -0.934. The lowest BCUT2D eigenvalue weighted by Gasteiger charge is -2.26. The summed E-state index contributed by atoms with van der Waals surface area (Å²) in [4.78, 5) is 32.2. The average Bonchev–Trinajstić information content (AvgIpc) is 3.11. The van der Waals surface area contributed by atoms with Crippen LogP contribution in [-0.4, -0.2) is 35.0 Å². The number of ether oxygens (including phenoxy) is 2. The van der Waals surface area contributed by atoms with Gasteiger partial charge in [-0.2, -0.15) is 0 Å². The van der Waals surface area contributed by atoms with Crippen LogP contribution in [0.25, 0.3) is 5.76 Å². The second kappa shape index (κ2) is 8.26. The summed E-state index contributed by atoms with van der Waals surface area (Å²) in [5, 5.41) is 11.7. The number of fused-ring (bicyclic) bond motifs is 1. The third-order valence-corrected chi connectivity index (χ3v) is 6.14. The number of amides is 1. The number of anilines is 1. The number of hydrogen-bond donors (Lipinski definition) is 1. The van der Waals surface area contributed by atoms with Gasteiger partial charge in [-0.25, -0.2) is 0 Å². The van der Waals surface area contributed by atoms with Crippen LogP contribution in [-0.2, 0) is 9.59 Å². The van der Waals surface area contributed by atoms with Crippen LogP contribution in [0.2, 0.25) is 5.02 Å². The van der Waals surface area contributed by atoms with E-state index in [1.54, 1.807) is 67.7 Å². The highest BCUT2D eigenvalue weighted by Gasteiger charge is 2.48. The number of aliphatic hydroxyl groups is 1. The molecule has 1 amide bonds. The summed E-state index contributed by atoms with van der Waals surface area (Å²) in [6.07, 6.45) is 1.57. The average molecular weight is 463 g/mol. The Kier molecular flexibility index (Phi) is 5.26. The van der Waals surface area contributed by atoms with E-state index in [-0.39, 0.29) is 11.3 Å². The first-order valence-corrected chi connectivity index (χ1v) is 10.7. The zero-order chi connectivity index (χ0) is 23.1. The quantitative estimate of drug-likeness (QED) is 0.351. The molecule has 0 saturated carbocycles. The van der Waals surface area contributed by atoms with Crippen LogP contribution < -0.4 is 14.4 Å². The van der Waals surface area contributed by atoms with Gasteiger partial charge in [-0.15, -0.1) is 0 Å². The van der Waals surface area contributed by atoms with Crippen molar-refractivity contribution in [3.8, 4) is 11.5 Å². The number of pyridine rings is 1. The molecule has 3 aromatic rings. The molecule has 0 bridgehead atoms. The fourth-order valence-electron chi connectivity index (χ4n) is 4.10. The maximum atomic E-state index is 13.2. The minimum Gasteiger partial charge on any atom is -0.507 e. The second-order valence-electron chi connectivity index (χ2n) is 7.67. The number of ketones is 1. The van der Waals surface area contributed by atoms with Gasteiger partial charge in [0.1, 0.15) is 25.0 Å². The molecule has 0 aliphatic carbocycles. The van der Waals surface area contributed by atoms with E-state index in [2.05, 4.69) is 4.98 Å². The molecule has 8 heteroatoms. The number of benzene rings is 2. The highest BCUT2D eigenvalue weighted by molar-refractivity contribution is 6.52. The zero-order valence-corrected chi connectivity index (χ0v) is 18.4.